The van der Waals surface area contributed by atoms with E-state index in [0.717, 1.165) is 11.3 Å². The number of hydrogen-bond acceptors (Lipinski definition) is 8. The molecule has 0 unspecified atom stereocenters. The zero-order chi connectivity index (χ0) is 23.8. The van der Waals surface area contributed by atoms with Gasteiger partial charge in [0.25, 0.3) is 11.2 Å². The van der Waals surface area contributed by atoms with Crippen LogP contribution in [0.2, 0.25) is 0 Å². The fraction of sp³-hybridized carbons (Fsp3) is 0.238. The molecule has 1 aliphatic rings. The van der Waals surface area contributed by atoms with Gasteiger partial charge in [-0.05, 0) is 24.3 Å². The summed E-state index contributed by atoms with van der Waals surface area (Å²) in [5.41, 5.74) is -2.40. The van der Waals surface area contributed by atoms with Crippen LogP contribution in [-0.2, 0) is 6.18 Å². The molecular weight excluding hydrogens is 463 g/mol. The Labute approximate surface area is 188 Å². The molecule has 2 aromatic carbocycles. The molecule has 1 aromatic heterocycles. The van der Waals surface area contributed by atoms with Gasteiger partial charge in [0.2, 0.25) is 0 Å². The van der Waals surface area contributed by atoms with Crippen molar-refractivity contribution in [2.24, 2.45) is 0 Å². The number of aromatic nitrogens is 1. The molecule has 1 aliphatic heterocycles. The summed E-state index contributed by atoms with van der Waals surface area (Å²) >= 11 is 0.750. The number of rotatable bonds is 3. The number of alkyl halides is 3. The van der Waals surface area contributed by atoms with Crippen LogP contribution in [0.25, 0.3) is 10.1 Å². The highest BCUT2D eigenvalue weighted by Gasteiger charge is 2.34. The Hall–Kier alpha value is -3.85. The van der Waals surface area contributed by atoms with Gasteiger partial charge in [-0.2, -0.15) is 18.2 Å². The Morgan fingerprint density at radius 2 is 1.94 bits per heavy atom. The molecule has 3 aromatic rings. The highest BCUT2D eigenvalue weighted by molar-refractivity contribution is 7.22. The molecule has 0 bridgehead atoms. The molecule has 8 nitrogen and oxygen atoms in total. The van der Waals surface area contributed by atoms with Crippen molar-refractivity contribution >= 4 is 32.2 Å². The van der Waals surface area contributed by atoms with Crippen LogP contribution < -0.4 is 19.9 Å². The van der Waals surface area contributed by atoms with Gasteiger partial charge in [-0.1, -0.05) is 23.2 Å². The lowest BCUT2D eigenvalue weighted by Gasteiger charge is -2.18. The van der Waals surface area contributed by atoms with Crippen LogP contribution in [0, 0.1) is 22.0 Å². The van der Waals surface area contributed by atoms with Gasteiger partial charge in [0.05, 0.1) is 22.4 Å². The number of nitro benzene ring substituents is 1. The minimum atomic E-state index is -4.84. The summed E-state index contributed by atoms with van der Waals surface area (Å²) in [6.07, 6.45) is -4.84. The quantitative estimate of drug-likeness (QED) is 0.321. The fourth-order valence-electron chi connectivity index (χ4n) is 3.05. The van der Waals surface area contributed by atoms with Crippen molar-refractivity contribution in [1.82, 2.24) is 4.98 Å². The smallest absolute Gasteiger partial charge is 0.416 e. The number of nitro groups is 1. The predicted molar refractivity (Wildman–Crippen MR) is 115 cm³/mol. The number of anilines is 1. The molecule has 0 spiro atoms. The Morgan fingerprint density at radius 3 is 2.64 bits per heavy atom. The molecule has 0 saturated heterocycles. The first-order valence-electron chi connectivity index (χ1n) is 9.43. The Balaban J connectivity index is 1.64. The van der Waals surface area contributed by atoms with Crippen molar-refractivity contribution in [2.45, 2.75) is 6.18 Å². The number of benzene rings is 2. The summed E-state index contributed by atoms with van der Waals surface area (Å²) < 4.78 is 50.0. The van der Waals surface area contributed by atoms with E-state index < -0.39 is 33.3 Å². The van der Waals surface area contributed by atoms with Crippen LogP contribution in [0.4, 0.5) is 24.0 Å². The van der Waals surface area contributed by atoms with Gasteiger partial charge in [0, 0.05) is 18.7 Å². The minimum Gasteiger partial charge on any atom is -0.486 e. The number of non-ortho nitro benzene ring substituents is 1. The van der Waals surface area contributed by atoms with E-state index in [1.807, 2.05) is 0 Å². The molecular formula is C21H14F3N3O5S. The molecule has 170 valence electrons. The van der Waals surface area contributed by atoms with E-state index in [2.05, 4.69) is 16.8 Å². The van der Waals surface area contributed by atoms with E-state index in [-0.39, 0.29) is 16.4 Å². The predicted octanol–water partition coefficient (Wildman–Crippen LogP) is 3.84. The topological polar surface area (TPSA) is 94.8 Å². The summed E-state index contributed by atoms with van der Waals surface area (Å²) in [5, 5.41) is 11.0. The third kappa shape index (κ3) is 4.68. The molecule has 0 N–H and O–H groups in total. The normalized spacial score (nSPS) is 12.7. The molecule has 0 aliphatic carbocycles. The number of ether oxygens (including phenoxy) is 2. The van der Waals surface area contributed by atoms with Crippen molar-refractivity contribution in [3.63, 3.8) is 0 Å². The maximum Gasteiger partial charge on any atom is 0.416 e. The molecule has 33 heavy (non-hydrogen) atoms. The second-order valence-electron chi connectivity index (χ2n) is 6.94. The van der Waals surface area contributed by atoms with Crippen molar-refractivity contribution in [3.8, 4) is 23.3 Å². The van der Waals surface area contributed by atoms with Gasteiger partial charge >= 0.3 is 6.18 Å². The molecule has 0 amide bonds. The average Bonchev–Trinajstić information content (AvgIpc) is 2.77. The van der Waals surface area contributed by atoms with Crippen molar-refractivity contribution < 1.29 is 27.6 Å². The second kappa shape index (κ2) is 8.59. The van der Waals surface area contributed by atoms with E-state index in [0.29, 0.717) is 42.4 Å². The second-order valence-corrected chi connectivity index (χ2v) is 7.92. The third-order valence-electron chi connectivity index (χ3n) is 4.63. The van der Waals surface area contributed by atoms with Gasteiger partial charge in [-0.25, -0.2) is 0 Å². The summed E-state index contributed by atoms with van der Waals surface area (Å²) in [4.78, 5) is 28.1. The van der Waals surface area contributed by atoms with Crippen LogP contribution in [0.3, 0.4) is 0 Å². The van der Waals surface area contributed by atoms with Crippen LogP contribution in [0.15, 0.2) is 35.1 Å². The van der Waals surface area contributed by atoms with Crippen molar-refractivity contribution in [1.29, 1.82) is 0 Å². The third-order valence-corrected chi connectivity index (χ3v) is 5.85. The molecule has 2 heterocycles. The average molecular weight is 477 g/mol. The van der Waals surface area contributed by atoms with E-state index in [1.165, 1.54) is 4.90 Å². The summed E-state index contributed by atoms with van der Waals surface area (Å²) in [7, 11) is 1.57. The largest absolute Gasteiger partial charge is 0.486 e. The first-order chi connectivity index (χ1) is 15.6. The lowest BCUT2D eigenvalue weighted by molar-refractivity contribution is -0.383. The molecule has 0 fully saturated rings. The Bertz CT molecular complexity index is 1380. The van der Waals surface area contributed by atoms with E-state index in [4.69, 9.17) is 9.47 Å². The van der Waals surface area contributed by atoms with Gasteiger partial charge in [0.1, 0.15) is 17.9 Å². The maximum atomic E-state index is 13.1. The number of nitrogens with zero attached hydrogens (tertiary/aromatic N) is 3. The van der Waals surface area contributed by atoms with Crippen molar-refractivity contribution in [3.05, 3.63) is 61.9 Å². The van der Waals surface area contributed by atoms with Crippen LogP contribution in [0.1, 0.15) is 11.1 Å². The van der Waals surface area contributed by atoms with Crippen LogP contribution in [-0.4, -0.2) is 36.7 Å². The van der Waals surface area contributed by atoms with Gasteiger partial charge in [-0.15, -0.1) is 0 Å². The SMILES string of the molecule is CN(CC#Cc1ccc2c(c1)OCCO2)c1nc(=O)c2cc(C(F)(F)F)cc([N+](=O)[O-])c2s1. The monoisotopic (exact) mass is 477 g/mol. The molecule has 0 saturated carbocycles. The van der Waals surface area contributed by atoms with Gasteiger partial charge < -0.3 is 14.4 Å². The first-order valence-corrected chi connectivity index (χ1v) is 10.3. The number of fused-ring (bicyclic) bond motifs is 2. The summed E-state index contributed by atoms with van der Waals surface area (Å²) in [5.74, 6) is 7.05. The van der Waals surface area contributed by atoms with Crippen molar-refractivity contribution in [2.75, 3.05) is 31.7 Å². The fourth-order valence-corrected chi connectivity index (χ4v) is 4.08. The highest BCUT2D eigenvalue weighted by atomic mass is 32.1. The van der Waals surface area contributed by atoms with Crippen LogP contribution >= 0.6 is 11.3 Å². The zero-order valence-electron chi connectivity index (χ0n) is 16.9. The van der Waals surface area contributed by atoms with E-state index in [1.54, 1.807) is 25.2 Å². The molecule has 0 atom stereocenters. The lowest BCUT2D eigenvalue weighted by atomic mass is 10.1. The van der Waals surface area contributed by atoms with E-state index in [9.17, 15) is 28.1 Å². The standard InChI is InChI=1S/C21H14F3N3O5S/c1-26(6-2-3-12-4-5-16-17(9-12)32-8-7-31-16)20-25-19(28)14-10-13(21(22,23)24)11-15(27(29)30)18(14)33-20/h4-5,9-11H,6-8H2,1H3. The number of hydrogen-bond donors (Lipinski definition) is 0. The van der Waals surface area contributed by atoms with E-state index >= 15 is 0 Å². The zero-order valence-corrected chi connectivity index (χ0v) is 17.7. The molecule has 4 rings (SSSR count). The Kier molecular flexibility index (Phi) is 5.82. The molecule has 0 radical (unpaired) electrons. The molecule has 12 heteroatoms. The maximum absolute atomic E-state index is 13.1. The highest BCUT2D eigenvalue weighted by Crippen LogP contribution is 2.38. The minimum absolute atomic E-state index is 0.0897. The first kappa shape index (κ1) is 22.3. The summed E-state index contributed by atoms with van der Waals surface area (Å²) in [6, 6.07) is 6.24. The Morgan fingerprint density at radius 1 is 1.21 bits per heavy atom. The van der Waals surface area contributed by atoms with Crippen LogP contribution in [0.5, 0.6) is 11.5 Å². The summed E-state index contributed by atoms with van der Waals surface area (Å²) in [6.45, 7) is 1.02. The van der Waals surface area contributed by atoms with Gasteiger partial charge in [0.15, 0.2) is 16.6 Å². The lowest BCUT2D eigenvalue weighted by Crippen LogP contribution is -2.21. The van der Waals surface area contributed by atoms with Gasteiger partial charge in [-0.3, -0.25) is 14.9 Å². The number of halogens is 3.